The van der Waals surface area contributed by atoms with Crippen LogP contribution in [-0.4, -0.2) is 76.4 Å². The Morgan fingerprint density at radius 1 is 0.517 bits per heavy atom. The van der Waals surface area contributed by atoms with Crippen molar-refractivity contribution in [3.63, 3.8) is 0 Å². The van der Waals surface area contributed by atoms with Gasteiger partial charge in [0.1, 0.15) is 23.0 Å². The molecule has 0 bridgehead atoms. The molecule has 6 aliphatic rings. The van der Waals surface area contributed by atoms with E-state index in [-0.39, 0.29) is 115 Å². The lowest BCUT2D eigenvalue weighted by Gasteiger charge is -2.59. The molecule has 0 saturated heterocycles. The highest BCUT2D eigenvalue weighted by Gasteiger charge is 2.61. The van der Waals surface area contributed by atoms with Gasteiger partial charge < -0.3 is 41.2 Å². The number of fused-ring (bicyclic) bond motifs is 3. The van der Waals surface area contributed by atoms with E-state index in [9.17, 15) is 29.1 Å². The molecule has 6 aliphatic carbocycles. The Morgan fingerprint density at radius 3 is 1.22 bits per heavy atom. The van der Waals surface area contributed by atoms with Crippen molar-refractivity contribution < 1.29 is 65.2 Å². The fraction of sp³-hybridized carbons (Fsp3) is 0.667. The van der Waals surface area contributed by atoms with Crippen LogP contribution < -0.4 is 26.6 Å². The van der Waals surface area contributed by atoms with Crippen LogP contribution >= 0.6 is 0 Å². The fourth-order valence-electron chi connectivity index (χ4n) is 18.7. The van der Waals surface area contributed by atoms with Gasteiger partial charge in [-0.3, -0.25) is 24.0 Å². The molecule has 3 aromatic rings. The number of benzene rings is 3. The number of rotatable bonds is 12. The van der Waals surface area contributed by atoms with Crippen LogP contribution in [0.25, 0.3) is 0 Å². The number of methoxy groups -OCH3 is 5. The molecule has 6 fully saturated rings. The van der Waals surface area contributed by atoms with Crippen LogP contribution in [-0.2, 0) is 19.1 Å². The van der Waals surface area contributed by atoms with Gasteiger partial charge >= 0.3 is 5.97 Å². The number of hydrogen-bond acceptors (Lipinski definition) is 10. The predicted molar refractivity (Wildman–Crippen MR) is 344 cm³/mol. The standard InChI is InChI=1S/C25H36O3.C24H34O4.C23H32O3.C3H8O.ClH/c1-16-11-18(13-20(12-16)28-7)23(26)22-17(2)19(15-27-6)14-21-24(3,4)9-8-10-25(21,22)5;1-14-10-16(12-17(11-14)28-6)21(25)20-15(2)18(22(26)27)13-19-23(3,4)8-7-9-24(19,20)5;1-14-10-16(12-17(11-14)26-6)21(25)20-15(2)18(24)13-19-22(3,4)8-7-9-23(19,20)5;1-3-4-2;/h11-13,15,17,21-22H,8-10,14H2,1-7H3;10-12,15,18-20H,7-9,13H2,1-6H3,(H,26,27);10-12,15,19-20H,7-9,13H2,1-6H3;3H2,1-2H3;1H/p-1/t17?,21-,22+,25-;15-,18?,19+,20-,24+;15-,19-,20+,23-;;/m010../s1. The van der Waals surface area contributed by atoms with E-state index in [1.54, 1.807) is 41.6 Å². The molecular weight excluding hydrogens is 1110 g/mol. The first-order valence-corrected chi connectivity index (χ1v) is 32.2. The van der Waals surface area contributed by atoms with Crippen molar-refractivity contribution in [3.05, 3.63) is 99.8 Å². The Morgan fingerprint density at radius 2 is 0.862 bits per heavy atom. The van der Waals surface area contributed by atoms with Gasteiger partial charge in [0.05, 0.1) is 40.6 Å². The molecule has 0 spiro atoms. The zero-order valence-electron chi connectivity index (χ0n) is 57.1. The van der Waals surface area contributed by atoms with E-state index in [2.05, 4.69) is 74.0 Å². The highest BCUT2D eigenvalue weighted by Crippen LogP contribution is 2.65. The number of carbonyl (C=O) groups excluding carboxylic acids is 4. The van der Waals surface area contributed by atoms with Crippen molar-refractivity contribution in [2.45, 2.75) is 188 Å². The molecule has 6 saturated carbocycles. The Hall–Kier alpha value is -5.00. The molecule has 0 amide bonds. The van der Waals surface area contributed by atoms with E-state index >= 15 is 0 Å². The predicted octanol–water partition coefficient (Wildman–Crippen LogP) is 14.5. The summed E-state index contributed by atoms with van der Waals surface area (Å²) in [6, 6.07) is 17.2. The smallest absolute Gasteiger partial charge is 0.306 e. The molecule has 0 aliphatic heterocycles. The summed E-state index contributed by atoms with van der Waals surface area (Å²) in [6.07, 6.45) is 14.2. The number of ketones is 4. The summed E-state index contributed by atoms with van der Waals surface area (Å²) >= 11 is 0. The second-order valence-corrected chi connectivity index (χ2v) is 29.9. The maximum absolute atomic E-state index is 13.9. The first-order valence-electron chi connectivity index (χ1n) is 32.2. The third-order valence-electron chi connectivity index (χ3n) is 23.0. The van der Waals surface area contributed by atoms with Crippen LogP contribution in [0.4, 0.5) is 0 Å². The van der Waals surface area contributed by atoms with E-state index in [0.29, 0.717) is 41.4 Å². The molecule has 0 aromatic heterocycles. The van der Waals surface area contributed by atoms with Crippen molar-refractivity contribution in [1.82, 2.24) is 0 Å². The first-order chi connectivity index (χ1) is 40.2. The molecule has 3 aromatic carbocycles. The lowest BCUT2D eigenvalue weighted by atomic mass is 9.44. The van der Waals surface area contributed by atoms with Crippen molar-refractivity contribution in [3.8, 4) is 17.2 Å². The van der Waals surface area contributed by atoms with Gasteiger partial charge in [0.25, 0.3) is 0 Å². The maximum Gasteiger partial charge on any atom is 0.306 e. The number of carboxylic acids is 1. The molecule has 2 unspecified atom stereocenters. The highest BCUT2D eigenvalue weighted by atomic mass is 35.5. The number of ether oxygens (including phenoxy) is 5. The summed E-state index contributed by atoms with van der Waals surface area (Å²) in [5, 5.41) is 9.92. The summed E-state index contributed by atoms with van der Waals surface area (Å²) in [4.78, 5) is 66.3. The summed E-state index contributed by atoms with van der Waals surface area (Å²) in [5.74, 6) is 1.73. The Balaban J connectivity index is 0.000000229. The second kappa shape index (κ2) is 28.9. The molecule has 12 heteroatoms. The van der Waals surface area contributed by atoms with Crippen LogP contribution in [0, 0.1) is 112 Å². The van der Waals surface area contributed by atoms with Gasteiger partial charge in [-0.15, -0.1) is 0 Å². The molecule has 9 rings (SSSR count). The number of hydrogen-bond donors (Lipinski definition) is 1. The summed E-state index contributed by atoms with van der Waals surface area (Å²) < 4.78 is 26.2. The minimum atomic E-state index is -0.768. The van der Waals surface area contributed by atoms with E-state index in [1.165, 1.54) is 18.4 Å². The monoisotopic (exact) mass is 1220 g/mol. The number of carboxylic acid groups (broad SMARTS) is 1. The zero-order chi connectivity index (χ0) is 64.2. The maximum atomic E-state index is 13.9. The van der Waals surface area contributed by atoms with Gasteiger partial charge in [0.15, 0.2) is 17.3 Å². The van der Waals surface area contributed by atoms with Crippen molar-refractivity contribution in [1.29, 1.82) is 0 Å². The van der Waals surface area contributed by atoms with Gasteiger partial charge in [0.2, 0.25) is 0 Å². The molecule has 484 valence electrons. The number of aryl methyl sites for hydroxylation is 3. The van der Waals surface area contributed by atoms with Gasteiger partial charge in [-0.05, 0) is 218 Å². The highest BCUT2D eigenvalue weighted by molar-refractivity contribution is 6.03. The van der Waals surface area contributed by atoms with Crippen LogP contribution in [0.2, 0.25) is 0 Å². The fourth-order valence-corrected chi connectivity index (χ4v) is 18.7. The number of carbonyl (C=O) groups is 5. The van der Waals surface area contributed by atoms with Gasteiger partial charge in [0, 0.05) is 60.5 Å². The molecule has 1 N–H and O–H groups in total. The van der Waals surface area contributed by atoms with E-state index < -0.39 is 11.9 Å². The summed E-state index contributed by atoms with van der Waals surface area (Å²) in [6.45, 7) is 35.6. The molecule has 0 heterocycles. The van der Waals surface area contributed by atoms with E-state index in [4.69, 9.17) is 18.9 Å². The van der Waals surface area contributed by atoms with Crippen LogP contribution in [0.15, 0.2) is 66.4 Å². The molecule has 0 radical (unpaired) electrons. The number of halogens is 1. The average Bonchev–Trinajstić information content (AvgIpc) is 0.764. The molecule has 11 nitrogen and oxygen atoms in total. The van der Waals surface area contributed by atoms with Crippen molar-refractivity contribution >= 4 is 29.1 Å². The quantitative estimate of drug-likeness (QED) is 0.136. The topological polar surface area (TPSA) is 152 Å². The van der Waals surface area contributed by atoms with Gasteiger partial charge in [-0.2, -0.15) is 0 Å². The Labute approximate surface area is 530 Å². The molecular formula is C75H110ClO11-. The largest absolute Gasteiger partial charge is 1.00 e. The lowest BCUT2D eigenvalue weighted by molar-refractivity contribution is -0.157. The lowest BCUT2D eigenvalue weighted by Crippen LogP contribution is -3.00. The van der Waals surface area contributed by atoms with Crippen molar-refractivity contribution in [2.75, 3.05) is 42.2 Å². The number of Topliss-reactive ketones (excluding diaryl/α,β-unsaturated/α-hetero) is 4. The second-order valence-electron chi connectivity index (χ2n) is 29.9. The average molecular weight is 1220 g/mol. The number of allylic oxidation sites excluding steroid dienone is 1. The normalized spacial score (nSPS) is 32.1. The first kappa shape index (κ1) is 72.7. The SMILES string of the molecule is CCOC.COC=C1C[C@H]2C(C)(C)CCC[C@]2(C)[C@@H](C(=O)c2cc(C)cc(OC)c2)C1C.COc1cc(C)cc(C(=O)[C@H]2[C@@H](C)C(=O)C[C@H]3C(C)(C)CCC[C@]23C)c1.COc1cc(C)cc(C(=O)[C@H]2[C@H](C)C(C(=O)O)C[C@H]3C(C)(C)CCC[C@]23C)c1.[Cl-]. The minimum Gasteiger partial charge on any atom is -1.00 e. The van der Waals surface area contributed by atoms with Crippen LogP contribution in [0.1, 0.15) is 215 Å². The van der Waals surface area contributed by atoms with E-state index in [0.717, 1.165) is 86.0 Å². The Bertz CT molecular complexity index is 2950. The number of aliphatic carboxylic acids is 1. The third kappa shape index (κ3) is 15.1. The molecule has 87 heavy (non-hydrogen) atoms. The minimum absolute atomic E-state index is 0. The molecule has 13 atom stereocenters. The Kier molecular flexibility index (Phi) is 24.1. The van der Waals surface area contributed by atoms with Crippen LogP contribution in [0.3, 0.4) is 0 Å². The van der Waals surface area contributed by atoms with Gasteiger partial charge in [-0.1, -0.05) is 102 Å². The van der Waals surface area contributed by atoms with E-state index in [1.807, 2.05) is 96.3 Å². The third-order valence-corrected chi connectivity index (χ3v) is 23.0. The zero-order valence-corrected chi connectivity index (χ0v) is 57.9. The summed E-state index contributed by atoms with van der Waals surface area (Å²) in [7, 11) is 8.28. The van der Waals surface area contributed by atoms with Crippen LogP contribution in [0.5, 0.6) is 17.2 Å². The van der Waals surface area contributed by atoms with Crippen molar-refractivity contribution in [2.24, 2.45) is 91.7 Å². The summed E-state index contributed by atoms with van der Waals surface area (Å²) in [5.41, 5.74) is 6.49. The van der Waals surface area contributed by atoms with Gasteiger partial charge in [-0.25, -0.2) is 0 Å².